The number of allylic oxidation sites excluding steroid dienone is 2. The fourth-order valence-corrected chi connectivity index (χ4v) is 2.63. The minimum absolute atomic E-state index is 0.349. The van der Waals surface area contributed by atoms with E-state index >= 15 is 0 Å². The number of ketones is 1. The zero-order valence-corrected chi connectivity index (χ0v) is 8.60. The molecule has 0 heterocycles. The SMILES string of the molecule is C[C@H]1CC[C@@]2(C)CCC(=O)C=C2C1. The standard InChI is InChI=1S/C12H18O/c1-9-3-5-12(2)6-4-11(13)8-10(12)7-9/h8-9H,3-7H2,1-2H3/t9-,12-/m0/s1. The Bertz CT molecular complexity index is 264. The molecule has 0 N–H and O–H groups in total. The van der Waals surface area contributed by atoms with E-state index in [0.29, 0.717) is 11.2 Å². The minimum atomic E-state index is 0.349. The second kappa shape index (κ2) is 2.97. The highest BCUT2D eigenvalue weighted by atomic mass is 16.1. The molecule has 1 heteroatoms. The van der Waals surface area contributed by atoms with Crippen molar-refractivity contribution < 1.29 is 4.79 Å². The summed E-state index contributed by atoms with van der Waals surface area (Å²) in [5, 5.41) is 0. The first kappa shape index (κ1) is 8.98. The van der Waals surface area contributed by atoms with Gasteiger partial charge in [0.25, 0.3) is 0 Å². The number of carbonyl (C=O) groups is 1. The first-order chi connectivity index (χ1) is 6.10. The Morgan fingerprint density at radius 1 is 1.46 bits per heavy atom. The molecule has 1 saturated carbocycles. The van der Waals surface area contributed by atoms with Crippen LogP contribution in [0.5, 0.6) is 0 Å². The predicted octanol–water partition coefficient (Wildman–Crippen LogP) is 3.10. The average molecular weight is 178 g/mol. The van der Waals surface area contributed by atoms with Crippen LogP contribution in [0.15, 0.2) is 11.6 Å². The third-order valence-electron chi connectivity index (χ3n) is 3.79. The molecule has 0 spiro atoms. The van der Waals surface area contributed by atoms with E-state index in [9.17, 15) is 4.79 Å². The van der Waals surface area contributed by atoms with Gasteiger partial charge in [0.15, 0.2) is 5.78 Å². The van der Waals surface area contributed by atoms with Gasteiger partial charge in [0.05, 0.1) is 0 Å². The molecule has 0 aromatic heterocycles. The van der Waals surface area contributed by atoms with Crippen LogP contribution in [0.1, 0.15) is 46.0 Å². The van der Waals surface area contributed by atoms with E-state index in [1.165, 1.54) is 18.4 Å². The van der Waals surface area contributed by atoms with Gasteiger partial charge in [-0.2, -0.15) is 0 Å². The van der Waals surface area contributed by atoms with Gasteiger partial charge < -0.3 is 0 Å². The number of hydrogen-bond donors (Lipinski definition) is 0. The number of rotatable bonds is 0. The maximum Gasteiger partial charge on any atom is 0.155 e. The first-order valence-corrected chi connectivity index (χ1v) is 5.34. The monoisotopic (exact) mass is 178 g/mol. The van der Waals surface area contributed by atoms with Gasteiger partial charge in [-0.25, -0.2) is 0 Å². The minimum Gasteiger partial charge on any atom is -0.295 e. The van der Waals surface area contributed by atoms with Crippen molar-refractivity contribution in [3.63, 3.8) is 0 Å². The van der Waals surface area contributed by atoms with Crippen molar-refractivity contribution >= 4 is 5.78 Å². The summed E-state index contributed by atoms with van der Waals surface area (Å²) in [6.45, 7) is 4.62. The van der Waals surface area contributed by atoms with Crippen LogP contribution in [0.25, 0.3) is 0 Å². The molecule has 0 amide bonds. The van der Waals surface area contributed by atoms with E-state index in [4.69, 9.17) is 0 Å². The summed E-state index contributed by atoms with van der Waals surface area (Å²) in [5.74, 6) is 1.13. The van der Waals surface area contributed by atoms with Crippen LogP contribution >= 0.6 is 0 Å². The van der Waals surface area contributed by atoms with E-state index in [-0.39, 0.29) is 0 Å². The Labute approximate surface area is 80.2 Å². The van der Waals surface area contributed by atoms with Crippen molar-refractivity contribution in [2.75, 3.05) is 0 Å². The fourth-order valence-electron chi connectivity index (χ4n) is 2.63. The Hall–Kier alpha value is -0.590. The molecular weight excluding hydrogens is 160 g/mol. The molecule has 0 radical (unpaired) electrons. The summed E-state index contributed by atoms with van der Waals surface area (Å²) >= 11 is 0. The van der Waals surface area contributed by atoms with Crippen molar-refractivity contribution in [2.24, 2.45) is 11.3 Å². The molecule has 0 aliphatic heterocycles. The van der Waals surface area contributed by atoms with Gasteiger partial charge in [0, 0.05) is 6.42 Å². The lowest BCUT2D eigenvalue weighted by atomic mass is 9.64. The Balaban J connectivity index is 2.27. The molecule has 0 aromatic carbocycles. The van der Waals surface area contributed by atoms with Crippen molar-refractivity contribution in [2.45, 2.75) is 46.0 Å². The molecule has 0 bridgehead atoms. The smallest absolute Gasteiger partial charge is 0.155 e. The van der Waals surface area contributed by atoms with Gasteiger partial charge in [-0.1, -0.05) is 19.4 Å². The highest BCUT2D eigenvalue weighted by Gasteiger charge is 2.36. The van der Waals surface area contributed by atoms with Crippen LogP contribution in [-0.4, -0.2) is 5.78 Å². The molecular formula is C12H18O. The van der Waals surface area contributed by atoms with Gasteiger partial charge in [-0.3, -0.25) is 4.79 Å². The molecule has 2 aliphatic rings. The van der Waals surface area contributed by atoms with Gasteiger partial charge >= 0.3 is 0 Å². The lowest BCUT2D eigenvalue weighted by Crippen LogP contribution is -2.30. The maximum absolute atomic E-state index is 11.3. The topological polar surface area (TPSA) is 17.1 Å². The molecule has 13 heavy (non-hydrogen) atoms. The summed E-state index contributed by atoms with van der Waals surface area (Å²) < 4.78 is 0. The average Bonchev–Trinajstić information content (AvgIpc) is 2.08. The maximum atomic E-state index is 11.3. The van der Waals surface area contributed by atoms with Gasteiger partial charge in [-0.15, -0.1) is 0 Å². The van der Waals surface area contributed by atoms with Crippen LogP contribution in [0, 0.1) is 11.3 Å². The molecule has 2 rings (SSSR count). The van der Waals surface area contributed by atoms with Crippen LogP contribution in [0.4, 0.5) is 0 Å². The lowest BCUT2D eigenvalue weighted by Gasteiger charge is -2.41. The van der Waals surface area contributed by atoms with Crippen LogP contribution in [0.3, 0.4) is 0 Å². The fraction of sp³-hybridized carbons (Fsp3) is 0.750. The predicted molar refractivity (Wildman–Crippen MR) is 53.4 cm³/mol. The zero-order chi connectivity index (χ0) is 9.47. The quantitative estimate of drug-likeness (QED) is 0.557. The molecule has 1 fully saturated rings. The second-order valence-corrected chi connectivity index (χ2v) is 5.04. The Morgan fingerprint density at radius 3 is 3.00 bits per heavy atom. The van der Waals surface area contributed by atoms with Crippen molar-refractivity contribution in [1.29, 1.82) is 0 Å². The van der Waals surface area contributed by atoms with Crippen LogP contribution in [-0.2, 0) is 4.79 Å². The van der Waals surface area contributed by atoms with Gasteiger partial charge in [0.2, 0.25) is 0 Å². The summed E-state index contributed by atoms with van der Waals surface area (Å²) in [7, 11) is 0. The van der Waals surface area contributed by atoms with Gasteiger partial charge in [-0.05, 0) is 43.1 Å². The van der Waals surface area contributed by atoms with Crippen LogP contribution < -0.4 is 0 Å². The molecule has 0 saturated heterocycles. The Kier molecular flexibility index (Phi) is 2.05. The van der Waals surface area contributed by atoms with Gasteiger partial charge in [0.1, 0.15) is 0 Å². The number of hydrogen-bond acceptors (Lipinski definition) is 1. The second-order valence-electron chi connectivity index (χ2n) is 5.04. The molecule has 2 aliphatic carbocycles. The van der Waals surface area contributed by atoms with E-state index in [1.807, 2.05) is 6.08 Å². The first-order valence-electron chi connectivity index (χ1n) is 5.34. The Morgan fingerprint density at radius 2 is 2.23 bits per heavy atom. The highest BCUT2D eigenvalue weighted by molar-refractivity contribution is 5.91. The molecule has 0 unspecified atom stereocenters. The summed E-state index contributed by atoms with van der Waals surface area (Å²) in [6, 6.07) is 0. The number of carbonyl (C=O) groups excluding carboxylic acids is 1. The zero-order valence-electron chi connectivity index (χ0n) is 8.60. The molecule has 0 aromatic rings. The van der Waals surface area contributed by atoms with E-state index in [2.05, 4.69) is 13.8 Å². The van der Waals surface area contributed by atoms with Crippen molar-refractivity contribution in [3.8, 4) is 0 Å². The normalized spacial score (nSPS) is 39.7. The summed E-state index contributed by atoms with van der Waals surface area (Å²) in [5.41, 5.74) is 1.81. The number of fused-ring (bicyclic) bond motifs is 1. The lowest BCUT2D eigenvalue weighted by molar-refractivity contribution is -0.115. The molecule has 72 valence electrons. The van der Waals surface area contributed by atoms with Crippen molar-refractivity contribution in [3.05, 3.63) is 11.6 Å². The third-order valence-corrected chi connectivity index (χ3v) is 3.79. The third kappa shape index (κ3) is 1.56. The van der Waals surface area contributed by atoms with Crippen molar-refractivity contribution in [1.82, 2.24) is 0 Å². The summed E-state index contributed by atoms with van der Waals surface area (Å²) in [6.07, 6.45) is 7.56. The largest absolute Gasteiger partial charge is 0.295 e. The van der Waals surface area contributed by atoms with E-state index in [0.717, 1.165) is 25.2 Å². The summed E-state index contributed by atoms with van der Waals surface area (Å²) in [4.78, 5) is 11.3. The van der Waals surface area contributed by atoms with E-state index < -0.39 is 0 Å². The molecule has 1 nitrogen and oxygen atoms in total. The molecule has 2 atom stereocenters. The highest BCUT2D eigenvalue weighted by Crippen LogP contribution is 2.47. The van der Waals surface area contributed by atoms with Crippen LogP contribution in [0.2, 0.25) is 0 Å². The van der Waals surface area contributed by atoms with E-state index in [1.54, 1.807) is 0 Å².